The lowest BCUT2D eigenvalue weighted by atomic mass is 10.1. The van der Waals surface area contributed by atoms with Crippen LogP contribution >= 0.6 is 11.6 Å². The van der Waals surface area contributed by atoms with Gasteiger partial charge in [-0.2, -0.15) is 0 Å². The van der Waals surface area contributed by atoms with Gasteiger partial charge in [-0.25, -0.2) is 0 Å². The predicted octanol–water partition coefficient (Wildman–Crippen LogP) is 3.05. The minimum absolute atomic E-state index is 0.0336. The van der Waals surface area contributed by atoms with Gasteiger partial charge in [-0.1, -0.05) is 35.9 Å². The molecule has 0 aliphatic carbocycles. The van der Waals surface area contributed by atoms with Gasteiger partial charge in [0, 0.05) is 5.39 Å². The molecule has 0 heterocycles. The van der Waals surface area contributed by atoms with Crippen LogP contribution in [-0.4, -0.2) is 0 Å². The molecule has 0 spiro atoms. The number of halogens is 1. The Morgan fingerprint density at radius 3 is 2.50 bits per heavy atom. The van der Waals surface area contributed by atoms with Crippen LogP contribution in [0.5, 0.6) is 5.75 Å². The SMILES string of the molecule is N#[N+]c1cc(Cl)c2ccccc2c1[O-]. The summed E-state index contributed by atoms with van der Waals surface area (Å²) in [6, 6.07) is 8.29. The van der Waals surface area contributed by atoms with Crippen LogP contribution < -0.4 is 5.11 Å². The molecular weight excluding hydrogens is 200 g/mol. The number of fused-ring (bicyclic) bond motifs is 1. The van der Waals surface area contributed by atoms with E-state index in [0.29, 0.717) is 15.8 Å². The van der Waals surface area contributed by atoms with Gasteiger partial charge in [0.15, 0.2) is 4.98 Å². The Morgan fingerprint density at radius 2 is 1.86 bits per heavy atom. The van der Waals surface area contributed by atoms with Crippen LogP contribution in [0.15, 0.2) is 30.3 Å². The zero-order valence-corrected chi connectivity index (χ0v) is 7.82. The van der Waals surface area contributed by atoms with Gasteiger partial charge in [0.2, 0.25) is 5.39 Å². The maximum atomic E-state index is 11.6. The van der Waals surface area contributed by atoms with Crippen molar-refractivity contribution in [1.29, 1.82) is 5.39 Å². The Bertz CT molecular complexity index is 546. The molecule has 2 rings (SSSR count). The molecule has 3 nitrogen and oxygen atoms in total. The van der Waals surface area contributed by atoms with Crippen LogP contribution in [0.4, 0.5) is 5.69 Å². The van der Waals surface area contributed by atoms with Crippen molar-refractivity contribution in [3.05, 3.63) is 40.3 Å². The first-order valence-corrected chi connectivity index (χ1v) is 4.35. The van der Waals surface area contributed by atoms with Crippen LogP contribution in [0.1, 0.15) is 0 Å². The molecule has 0 aliphatic rings. The van der Waals surface area contributed by atoms with Crippen molar-refractivity contribution in [1.82, 2.24) is 0 Å². The summed E-state index contributed by atoms with van der Waals surface area (Å²) in [6.07, 6.45) is 0. The third kappa shape index (κ3) is 1.17. The molecule has 0 amide bonds. The average Bonchev–Trinajstić information content (AvgIpc) is 2.23. The van der Waals surface area contributed by atoms with E-state index in [4.69, 9.17) is 17.0 Å². The fraction of sp³-hybridized carbons (Fsp3) is 0. The number of diazo groups is 1. The van der Waals surface area contributed by atoms with Crippen molar-refractivity contribution in [2.45, 2.75) is 0 Å². The second kappa shape index (κ2) is 3.17. The summed E-state index contributed by atoms with van der Waals surface area (Å²) in [5.41, 5.74) is -0.0336. The lowest BCUT2D eigenvalue weighted by Gasteiger charge is -2.07. The molecule has 4 heteroatoms. The number of benzene rings is 2. The van der Waals surface area contributed by atoms with Gasteiger partial charge in [0.25, 0.3) is 0 Å². The molecule has 0 aliphatic heterocycles. The highest BCUT2D eigenvalue weighted by atomic mass is 35.5. The Hall–Kier alpha value is -1.79. The maximum Gasteiger partial charge on any atom is 0.379 e. The number of nitrogens with zero attached hydrogens (tertiary/aromatic N) is 2. The third-order valence-electron chi connectivity index (χ3n) is 2.03. The molecule has 2 aromatic rings. The highest BCUT2D eigenvalue weighted by Gasteiger charge is 2.12. The second-order valence-corrected chi connectivity index (χ2v) is 3.26. The van der Waals surface area contributed by atoms with Crippen LogP contribution in [0.2, 0.25) is 5.02 Å². The molecule has 0 saturated heterocycles. The zero-order valence-electron chi connectivity index (χ0n) is 7.07. The second-order valence-electron chi connectivity index (χ2n) is 2.85. The van der Waals surface area contributed by atoms with E-state index in [1.54, 1.807) is 24.3 Å². The standard InChI is InChI=1S/C10H5ClN2O/c11-8-5-9(13-12)10(14)7-4-2-1-3-6(7)8/h1-5H. The highest BCUT2D eigenvalue weighted by molar-refractivity contribution is 6.36. The van der Waals surface area contributed by atoms with Crippen molar-refractivity contribution in [3.63, 3.8) is 0 Å². The first kappa shape index (κ1) is 8.79. The lowest BCUT2D eigenvalue weighted by molar-refractivity contribution is -0.264. The number of hydrogen-bond acceptors (Lipinski definition) is 2. The van der Waals surface area contributed by atoms with E-state index in [2.05, 4.69) is 4.98 Å². The van der Waals surface area contributed by atoms with Crippen molar-refractivity contribution in [2.24, 2.45) is 0 Å². The van der Waals surface area contributed by atoms with E-state index in [1.165, 1.54) is 6.07 Å². The highest BCUT2D eigenvalue weighted by Crippen LogP contribution is 2.37. The molecule has 0 unspecified atom stereocenters. The molecule has 0 aromatic heterocycles. The Morgan fingerprint density at radius 1 is 1.21 bits per heavy atom. The normalized spacial score (nSPS) is 10.0. The molecule has 0 radical (unpaired) electrons. The van der Waals surface area contributed by atoms with E-state index in [1.807, 2.05) is 0 Å². The summed E-state index contributed by atoms with van der Waals surface area (Å²) in [5.74, 6) is -0.312. The lowest BCUT2D eigenvalue weighted by Crippen LogP contribution is -1.91. The fourth-order valence-corrected chi connectivity index (χ4v) is 1.63. The van der Waals surface area contributed by atoms with Crippen LogP contribution in [-0.2, 0) is 0 Å². The van der Waals surface area contributed by atoms with Crippen molar-refractivity contribution < 1.29 is 5.11 Å². The van der Waals surface area contributed by atoms with Gasteiger partial charge in [-0.3, -0.25) is 0 Å². The smallest absolute Gasteiger partial charge is 0.379 e. The molecule has 0 bridgehead atoms. The summed E-state index contributed by atoms with van der Waals surface area (Å²) >= 11 is 5.90. The number of hydrogen-bond donors (Lipinski definition) is 0. The quantitative estimate of drug-likeness (QED) is 0.620. The minimum Gasteiger partial charge on any atom is -0.867 e. The summed E-state index contributed by atoms with van der Waals surface area (Å²) in [6.45, 7) is 0. The summed E-state index contributed by atoms with van der Waals surface area (Å²) in [7, 11) is 0. The predicted molar refractivity (Wildman–Crippen MR) is 53.1 cm³/mol. The number of rotatable bonds is 0. The molecule has 0 saturated carbocycles. The maximum absolute atomic E-state index is 11.6. The Labute approximate surface area is 85.2 Å². The van der Waals surface area contributed by atoms with Crippen LogP contribution in [0.3, 0.4) is 0 Å². The van der Waals surface area contributed by atoms with Crippen molar-refractivity contribution in [3.8, 4) is 5.75 Å². The van der Waals surface area contributed by atoms with Crippen molar-refractivity contribution in [2.75, 3.05) is 0 Å². The molecule has 0 N–H and O–H groups in total. The molecule has 2 aromatic carbocycles. The molecule has 0 fully saturated rings. The van der Waals surface area contributed by atoms with Gasteiger partial charge in [-0.05, 0) is 11.1 Å². The van der Waals surface area contributed by atoms with E-state index in [-0.39, 0.29) is 11.4 Å². The first-order valence-electron chi connectivity index (χ1n) is 3.97. The van der Waals surface area contributed by atoms with Gasteiger partial charge < -0.3 is 5.11 Å². The van der Waals surface area contributed by atoms with Crippen molar-refractivity contribution >= 4 is 28.1 Å². The van der Waals surface area contributed by atoms with E-state index < -0.39 is 0 Å². The molecular formula is C10H5ClN2O. The fourth-order valence-electron chi connectivity index (χ4n) is 1.36. The summed E-state index contributed by atoms with van der Waals surface area (Å²) < 4.78 is 0. The van der Waals surface area contributed by atoms with Gasteiger partial charge in [0.05, 0.1) is 11.1 Å². The van der Waals surface area contributed by atoms with Gasteiger partial charge >= 0.3 is 5.69 Å². The Kier molecular flexibility index (Phi) is 1.99. The zero-order chi connectivity index (χ0) is 10.1. The van der Waals surface area contributed by atoms with E-state index in [0.717, 1.165) is 0 Å². The molecule has 14 heavy (non-hydrogen) atoms. The summed E-state index contributed by atoms with van der Waals surface area (Å²) in [5, 5.41) is 21.7. The molecule has 68 valence electrons. The van der Waals surface area contributed by atoms with E-state index in [9.17, 15) is 5.11 Å². The summed E-state index contributed by atoms with van der Waals surface area (Å²) in [4.78, 5) is 2.88. The van der Waals surface area contributed by atoms with Crippen LogP contribution in [0, 0.1) is 5.39 Å². The Balaban J connectivity index is 2.96. The minimum atomic E-state index is -0.312. The largest absolute Gasteiger partial charge is 0.867 e. The van der Waals surface area contributed by atoms with E-state index >= 15 is 0 Å². The average molecular weight is 205 g/mol. The van der Waals surface area contributed by atoms with Gasteiger partial charge in [-0.15, -0.1) is 0 Å². The third-order valence-corrected chi connectivity index (χ3v) is 2.35. The molecule has 0 atom stereocenters. The first-order chi connectivity index (χ1) is 6.74. The van der Waals surface area contributed by atoms with Crippen LogP contribution in [0.25, 0.3) is 15.7 Å². The topological polar surface area (TPSA) is 51.2 Å². The van der Waals surface area contributed by atoms with Gasteiger partial charge in [0.1, 0.15) is 0 Å². The monoisotopic (exact) mass is 204 g/mol.